The van der Waals surface area contributed by atoms with Gasteiger partial charge >= 0.3 is 11.9 Å². The van der Waals surface area contributed by atoms with Crippen LogP contribution < -0.4 is 32.8 Å². The average molecular weight is 1160 g/mol. The van der Waals surface area contributed by atoms with Crippen LogP contribution in [-0.2, 0) is 28.8 Å². The fraction of sp³-hybridized carbons (Fsp3) is 0.0588. The quantitative estimate of drug-likeness (QED) is 0.0120. The van der Waals surface area contributed by atoms with Crippen molar-refractivity contribution in [2.45, 2.75) is 20.8 Å². The molecule has 0 aliphatic rings. The fourth-order valence-corrected chi connectivity index (χ4v) is 6.83. The Labute approximate surface area is 465 Å². The third kappa shape index (κ3) is 21.5. The normalized spacial score (nSPS) is 10.3. The molecule has 78 heavy (non-hydrogen) atoms. The molecule has 9 N–H and O–H groups in total. The second-order valence-electron chi connectivity index (χ2n) is 15.2. The number of hydrogen-bond donors (Lipinski definition) is 8. The highest BCUT2D eigenvalue weighted by Gasteiger charge is 2.12. The lowest BCUT2D eigenvalue weighted by Gasteiger charge is -2.06. The molecule has 5 aromatic carbocycles. The van der Waals surface area contributed by atoms with E-state index in [1.807, 2.05) is 0 Å². The number of nitrogens with one attached hydrogen (secondary N) is 5. The van der Waals surface area contributed by atoms with Gasteiger partial charge in [0.05, 0.1) is 47.8 Å². The number of nitro benzene ring substituents is 1. The Morgan fingerprint density at radius 1 is 0.590 bits per heavy atom. The van der Waals surface area contributed by atoms with Crippen LogP contribution in [0, 0.1) is 10.1 Å². The van der Waals surface area contributed by atoms with E-state index in [1.165, 1.54) is 57.2 Å². The van der Waals surface area contributed by atoms with E-state index in [2.05, 4.69) is 35.9 Å². The average Bonchev–Trinajstić information content (AvgIpc) is 3.36. The number of pyridine rings is 2. The summed E-state index contributed by atoms with van der Waals surface area (Å²) in [4.78, 5) is 104. The Morgan fingerprint density at radius 2 is 0.987 bits per heavy atom. The molecule has 0 unspecified atom stereocenters. The maximum atomic E-state index is 11.5. The number of benzene rings is 5. The molecule has 402 valence electrons. The van der Waals surface area contributed by atoms with Crippen LogP contribution >= 0.6 is 58.0 Å². The largest absolute Gasteiger partial charge is 0.478 e. The van der Waals surface area contributed by atoms with Gasteiger partial charge in [-0.2, -0.15) is 0 Å². The van der Waals surface area contributed by atoms with E-state index in [4.69, 9.17) is 79.5 Å². The molecule has 0 aliphatic heterocycles. The number of fused-ring (bicyclic) bond motifs is 2. The highest BCUT2D eigenvalue weighted by atomic mass is 35.5. The number of rotatable bonds is 10. The standard InChI is InChI=1S/C11H9ClN4O2.C11H9ClN2O2.C11H10ClNO3.C9H7ClN2O.C9H6ClNO4/c1-7(17)14-10-6-8(2-4-9(10)12)3-5-11(18)15-16-13;1-6(15)14-10-4-7-2-3-13-11(16)8(7)5-9(10)12;1-7(14)13-10-6-8(2-4-9(10)12)3-5-11(15)16;10-7-4-6-5(3-8(7)11)1-2-12-9(6)13;10-7-3-1-6(2-4-9(12)13)5-8(7)11(14)15/h2-6H,1H3,(H,14,17);2-5H,1H3,(H,13,16)(H,14,15);2-6H,1H3,(H,13,14)(H,15,16);1-4H,11H2,(H,12,13);1-5H,(H,12,13)/b5-3+;;5-3+;;4-2+. The molecular formula is C51H41Cl5N10O12. The number of amides is 4. The highest BCUT2D eigenvalue weighted by molar-refractivity contribution is 6.35. The number of aromatic nitrogens is 2. The second-order valence-corrected chi connectivity index (χ2v) is 17.2. The molecule has 7 rings (SSSR count). The first-order chi connectivity index (χ1) is 36.8. The molecule has 22 nitrogen and oxygen atoms in total. The molecule has 27 heteroatoms. The van der Waals surface area contributed by atoms with E-state index in [1.54, 1.807) is 85.2 Å². The van der Waals surface area contributed by atoms with Gasteiger partial charge in [-0.3, -0.25) is 38.9 Å². The summed E-state index contributed by atoms with van der Waals surface area (Å²) in [5.74, 6) is -3.53. The molecule has 0 aliphatic carbocycles. The topological polar surface area (TPSA) is 363 Å². The van der Waals surface area contributed by atoms with E-state index >= 15 is 0 Å². The lowest BCUT2D eigenvalue weighted by atomic mass is 10.1. The summed E-state index contributed by atoms with van der Waals surface area (Å²) in [6.07, 6.45) is 10.3. The number of carboxylic acids is 2. The zero-order valence-corrected chi connectivity index (χ0v) is 44.3. The first kappa shape index (κ1) is 63.0. The van der Waals surface area contributed by atoms with Crippen LogP contribution in [0.15, 0.2) is 136 Å². The van der Waals surface area contributed by atoms with Crippen molar-refractivity contribution in [3.05, 3.63) is 205 Å². The third-order valence-electron chi connectivity index (χ3n) is 9.23. The Morgan fingerprint density at radius 3 is 1.41 bits per heavy atom. The van der Waals surface area contributed by atoms with Crippen molar-refractivity contribution in [1.82, 2.24) is 9.97 Å². The van der Waals surface area contributed by atoms with Crippen molar-refractivity contribution < 1.29 is 43.9 Å². The van der Waals surface area contributed by atoms with Crippen LogP contribution in [0.2, 0.25) is 25.1 Å². The van der Waals surface area contributed by atoms with Gasteiger partial charge in [-0.15, -0.1) is 0 Å². The number of carbonyl (C=O) groups excluding carboxylic acids is 4. The van der Waals surface area contributed by atoms with Gasteiger partial charge in [0, 0.05) is 67.1 Å². The van der Waals surface area contributed by atoms with Gasteiger partial charge in [0.25, 0.3) is 16.8 Å². The van der Waals surface area contributed by atoms with Crippen LogP contribution in [0.25, 0.3) is 50.2 Å². The van der Waals surface area contributed by atoms with Crippen molar-refractivity contribution in [3.63, 3.8) is 0 Å². The smallest absolute Gasteiger partial charge is 0.328 e. The summed E-state index contributed by atoms with van der Waals surface area (Å²) in [6.45, 7) is 4.14. The number of nitrogens with two attached hydrogens (primary N) is 1. The van der Waals surface area contributed by atoms with Crippen molar-refractivity contribution in [2.75, 3.05) is 21.7 Å². The van der Waals surface area contributed by atoms with E-state index < -0.39 is 22.8 Å². The van der Waals surface area contributed by atoms with Crippen LogP contribution in [-0.4, -0.2) is 60.7 Å². The predicted molar refractivity (Wildman–Crippen MR) is 304 cm³/mol. The minimum absolute atomic E-state index is 0.0208. The second kappa shape index (κ2) is 30.9. The highest BCUT2D eigenvalue weighted by Crippen LogP contribution is 2.28. The summed E-state index contributed by atoms with van der Waals surface area (Å²) >= 11 is 29.0. The van der Waals surface area contributed by atoms with Crippen molar-refractivity contribution in [2.24, 2.45) is 5.11 Å². The number of aliphatic carboxylic acids is 2. The van der Waals surface area contributed by atoms with Crippen LogP contribution in [0.4, 0.5) is 28.4 Å². The molecule has 7 aromatic rings. The lowest BCUT2D eigenvalue weighted by molar-refractivity contribution is -0.384. The van der Waals surface area contributed by atoms with Gasteiger partial charge in [0.1, 0.15) is 5.02 Å². The number of carbonyl (C=O) groups is 6. The maximum Gasteiger partial charge on any atom is 0.328 e. The minimum atomic E-state index is -1.12. The van der Waals surface area contributed by atoms with Crippen molar-refractivity contribution >= 4 is 162 Å². The monoisotopic (exact) mass is 1160 g/mol. The molecule has 2 heterocycles. The molecule has 0 fully saturated rings. The number of H-pyrrole nitrogens is 2. The number of halogens is 5. The molecule has 0 spiro atoms. The molecule has 0 atom stereocenters. The lowest BCUT2D eigenvalue weighted by Crippen LogP contribution is -2.08. The van der Waals surface area contributed by atoms with Gasteiger partial charge in [0.2, 0.25) is 23.6 Å². The number of nitrogen functional groups attached to an aromatic ring is 1. The van der Waals surface area contributed by atoms with Gasteiger partial charge < -0.3 is 41.9 Å². The molecule has 4 amide bonds. The molecule has 0 saturated heterocycles. The zero-order valence-electron chi connectivity index (χ0n) is 40.5. The number of azide groups is 1. The van der Waals surface area contributed by atoms with Crippen LogP contribution in [0.5, 0.6) is 0 Å². The van der Waals surface area contributed by atoms with Gasteiger partial charge in [-0.25, -0.2) is 9.59 Å². The number of nitrogens with zero attached hydrogens (tertiary/aromatic N) is 4. The van der Waals surface area contributed by atoms with Gasteiger partial charge in [-0.1, -0.05) is 82.3 Å². The summed E-state index contributed by atoms with van der Waals surface area (Å²) < 4.78 is 0. The summed E-state index contributed by atoms with van der Waals surface area (Å²) in [7, 11) is 0. The number of nitro groups is 1. The van der Waals surface area contributed by atoms with E-state index in [-0.39, 0.29) is 39.6 Å². The third-order valence-corrected chi connectivity index (χ3v) is 10.8. The predicted octanol–water partition coefficient (Wildman–Crippen LogP) is 11.8. The first-order valence-corrected chi connectivity index (χ1v) is 23.5. The molecular weight excluding hydrogens is 1120 g/mol. The van der Waals surface area contributed by atoms with E-state index in [9.17, 15) is 48.5 Å². The number of hydrogen-bond acceptors (Lipinski definition) is 11. The SMILES string of the molecule is CC(=O)Nc1cc(/C=C/C(=O)N=[N+]=[N-])ccc1Cl.CC(=O)Nc1cc(/C=C/C(=O)O)ccc1Cl.CC(=O)Nc1cc2cc[nH]c(=O)c2cc1Cl.Nc1cc2cc[nH]c(=O)c2cc1Cl.O=C(O)/C=C/c1ccc(Cl)c([N+](=O)[O-])c1. The first-order valence-electron chi connectivity index (χ1n) is 21.6. The Kier molecular flexibility index (Phi) is 25.0. The van der Waals surface area contributed by atoms with Crippen LogP contribution in [0.3, 0.4) is 0 Å². The van der Waals surface area contributed by atoms with Crippen molar-refractivity contribution in [3.8, 4) is 0 Å². The molecule has 2 aromatic heterocycles. The zero-order chi connectivity index (χ0) is 58.2. The summed E-state index contributed by atoms with van der Waals surface area (Å²) in [6, 6.07) is 23.8. The Balaban J connectivity index is 0.000000257. The van der Waals surface area contributed by atoms with Crippen LogP contribution in [0.1, 0.15) is 37.5 Å². The van der Waals surface area contributed by atoms with E-state index in [0.29, 0.717) is 70.3 Å². The number of carboxylic acid groups (broad SMARTS) is 2. The number of aromatic amines is 2. The molecule has 0 radical (unpaired) electrons. The van der Waals surface area contributed by atoms with E-state index in [0.717, 1.165) is 29.0 Å². The Hall–Kier alpha value is -9.28. The van der Waals surface area contributed by atoms with Gasteiger partial charge in [-0.05, 0) is 123 Å². The number of anilines is 4. The maximum absolute atomic E-state index is 11.5. The van der Waals surface area contributed by atoms with Crippen molar-refractivity contribution in [1.29, 1.82) is 0 Å². The summed E-state index contributed by atoms with van der Waals surface area (Å²) in [5, 5.41) is 42.1. The van der Waals surface area contributed by atoms with Gasteiger partial charge in [0.15, 0.2) is 0 Å². The minimum Gasteiger partial charge on any atom is -0.478 e. The Bertz CT molecular complexity index is 3710. The molecule has 0 saturated carbocycles. The summed E-state index contributed by atoms with van der Waals surface area (Å²) in [5.41, 5.74) is 16.6. The fourth-order valence-electron chi connectivity index (χ4n) is 5.94. The molecule has 0 bridgehead atoms.